The molecule has 0 saturated carbocycles. The molecule has 0 aromatic heterocycles. The molecule has 1 rings (SSSR count). The zero-order valence-corrected chi connectivity index (χ0v) is 7.67. The van der Waals surface area contributed by atoms with Gasteiger partial charge in [0.05, 0.1) is 5.71 Å². The van der Waals surface area contributed by atoms with Crippen molar-refractivity contribution >= 4 is 21.6 Å². The Bertz CT molecular complexity index is 283. The third-order valence-corrected chi connectivity index (χ3v) is 1.89. The first-order valence-corrected chi connectivity index (χ1v) is 3.98. The highest BCUT2D eigenvalue weighted by molar-refractivity contribution is 9.10. The van der Waals surface area contributed by atoms with Crippen LogP contribution >= 0.6 is 15.9 Å². The van der Waals surface area contributed by atoms with Crippen LogP contribution in [0.4, 0.5) is 0 Å². The molecular formula is C8H8BrNO. The van der Waals surface area contributed by atoms with E-state index in [1.54, 1.807) is 6.92 Å². The van der Waals surface area contributed by atoms with Crippen LogP contribution < -0.4 is 0 Å². The van der Waals surface area contributed by atoms with E-state index in [4.69, 9.17) is 5.21 Å². The maximum absolute atomic E-state index is 8.45. The van der Waals surface area contributed by atoms with E-state index in [9.17, 15) is 0 Å². The molecule has 0 heterocycles. The Morgan fingerprint density at radius 1 is 1.55 bits per heavy atom. The number of nitrogens with zero attached hydrogens (tertiary/aromatic N) is 1. The molecule has 0 bridgehead atoms. The summed E-state index contributed by atoms with van der Waals surface area (Å²) in [5, 5.41) is 11.5. The first-order valence-electron chi connectivity index (χ1n) is 3.18. The van der Waals surface area contributed by atoms with Gasteiger partial charge in [0.2, 0.25) is 0 Å². The molecule has 0 amide bonds. The van der Waals surface area contributed by atoms with Crippen molar-refractivity contribution in [1.82, 2.24) is 0 Å². The average molecular weight is 214 g/mol. The van der Waals surface area contributed by atoms with E-state index in [2.05, 4.69) is 21.1 Å². The van der Waals surface area contributed by atoms with Gasteiger partial charge in [0.15, 0.2) is 0 Å². The fourth-order valence-corrected chi connectivity index (χ4v) is 1.17. The van der Waals surface area contributed by atoms with Crippen LogP contribution in [0.3, 0.4) is 0 Å². The second-order valence-electron chi connectivity index (χ2n) is 2.20. The summed E-state index contributed by atoms with van der Waals surface area (Å²) in [7, 11) is 0. The van der Waals surface area contributed by atoms with Crippen molar-refractivity contribution in [2.45, 2.75) is 6.92 Å². The van der Waals surface area contributed by atoms with Crippen molar-refractivity contribution in [3.63, 3.8) is 0 Å². The van der Waals surface area contributed by atoms with Crippen LogP contribution in [0.1, 0.15) is 12.5 Å². The smallest absolute Gasteiger partial charge is 0.0837 e. The summed E-state index contributed by atoms with van der Waals surface area (Å²) < 4.78 is 0.984. The topological polar surface area (TPSA) is 32.6 Å². The zero-order chi connectivity index (χ0) is 8.27. The summed E-state index contributed by atoms with van der Waals surface area (Å²) in [4.78, 5) is 0. The lowest BCUT2D eigenvalue weighted by Gasteiger charge is -1.97. The monoisotopic (exact) mass is 213 g/mol. The standard InChI is InChI=1S/C8H8BrNO/c1-6(10-11)7-3-2-4-8(9)5-7/h2-5,11H,1H3. The molecular weight excluding hydrogens is 206 g/mol. The van der Waals surface area contributed by atoms with E-state index >= 15 is 0 Å². The molecule has 0 atom stereocenters. The number of hydrogen-bond acceptors (Lipinski definition) is 2. The minimum absolute atomic E-state index is 0.617. The largest absolute Gasteiger partial charge is 0.411 e. The Morgan fingerprint density at radius 3 is 2.82 bits per heavy atom. The molecule has 1 N–H and O–H groups in total. The summed E-state index contributed by atoms with van der Waals surface area (Å²) in [6.07, 6.45) is 0. The molecule has 1 aromatic rings. The highest BCUT2D eigenvalue weighted by Gasteiger charge is 1.96. The van der Waals surface area contributed by atoms with E-state index in [0.717, 1.165) is 10.0 Å². The Morgan fingerprint density at radius 2 is 2.27 bits per heavy atom. The van der Waals surface area contributed by atoms with Crippen molar-refractivity contribution in [2.75, 3.05) is 0 Å². The predicted octanol–water partition coefficient (Wildman–Crippen LogP) is 2.65. The molecule has 0 unspecified atom stereocenters. The molecule has 0 spiro atoms. The van der Waals surface area contributed by atoms with Gasteiger partial charge in [-0.1, -0.05) is 33.2 Å². The SMILES string of the molecule is CC(=NO)c1cccc(Br)c1. The van der Waals surface area contributed by atoms with E-state index in [0.29, 0.717) is 5.71 Å². The van der Waals surface area contributed by atoms with Crippen molar-refractivity contribution in [3.8, 4) is 0 Å². The third-order valence-electron chi connectivity index (χ3n) is 1.39. The summed E-state index contributed by atoms with van der Waals surface area (Å²) >= 11 is 3.32. The van der Waals surface area contributed by atoms with Gasteiger partial charge in [0.25, 0.3) is 0 Å². The van der Waals surface area contributed by atoms with Crippen LogP contribution in [-0.4, -0.2) is 10.9 Å². The highest BCUT2D eigenvalue weighted by atomic mass is 79.9. The lowest BCUT2D eigenvalue weighted by molar-refractivity contribution is 0.319. The normalized spacial score (nSPS) is 11.6. The Labute approximate surface area is 73.7 Å². The quantitative estimate of drug-likeness (QED) is 0.435. The van der Waals surface area contributed by atoms with E-state index in [1.165, 1.54) is 0 Å². The fourth-order valence-electron chi connectivity index (χ4n) is 0.771. The highest BCUT2D eigenvalue weighted by Crippen LogP contribution is 2.11. The molecule has 0 aliphatic heterocycles. The van der Waals surface area contributed by atoms with Crippen molar-refractivity contribution in [3.05, 3.63) is 34.3 Å². The third kappa shape index (κ3) is 2.05. The van der Waals surface area contributed by atoms with Gasteiger partial charge in [-0.25, -0.2) is 0 Å². The van der Waals surface area contributed by atoms with Crippen molar-refractivity contribution in [2.24, 2.45) is 5.16 Å². The van der Waals surface area contributed by atoms with E-state index in [1.807, 2.05) is 24.3 Å². The van der Waals surface area contributed by atoms with E-state index in [-0.39, 0.29) is 0 Å². The second-order valence-corrected chi connectivity index (χ2v) is 3.11. The van der Waals surface area contributed by atoms with Crippen LogP contribution in [0, 0.1) is 0 Å². The molecule has 58 valence electrons. The molecule has 2 nitrogen and oxygen atoms in total. The molecule has 3 heteroatoms. The van der Waals surface area contributed by atoms with Crippen LogP contribution in [0.15, 0.2) is 33.9 Å². The summed E-state index contributed by atoms with van der Waals surface area (Å²) in [5.74, 6) is 0. The summed E-state index contributed by atoms with van der Waals surface area (Å²) in [5.41, 5.74) is 1.54. The van der Waals surface area contributed by atoms with Crippen LogP contribution in [0.25, 0.3) is 0 Å². The van der Waals surface area contributed by atoms with Gasteiger partial charge >= 0.3 is 0 Å². The maximum atomic E-state index is 8.45. The molecule has 0 fully saturated rings. The second kappa shape index (κ2) is 3.53. The van der Waals surface area contributed by atoms with Crippen LogP contribution in [0.2, 0.25) is 0 Å². The Kier molecular flexibility index (Phi) is 2.65. The molecule has 0 radical (unpaired) electrons. The lowest BCUT2D eigenvalue weighted by atomic mass is 10.1. The average Bonchev–Trinajstić information content (AvgIpc) is 2.03. The van der Waals surface area contributed by atoms with Crippen molar-refractivity contribution in [1.29, 1.82) is 0 Å². The number of oxime groups is 1. The van der Waals surface area contributed by atoms with E-state index < -0.39 is 0 Å². The zero-order valence-electron chi connectivity index (χ0n) is 6.08. The molecule has 0 aliphatic rings. The number of rotatable bonds is 1. The number of halogens is 1. The molecule has 11 heavy (non-hydrogen) atoms. The van der Waals surface area contributed by atoms with Gasteiger partial charge in [0.1, 0.15) is 0 Å². The minimum Gasteiger partial charge on any atom is -0.411 e. The van der Waals surface area contributed by atoms with Crippen LogP contribution in [-0.2, 0) is 0 Å². The lowest BCUT2D eigenvalue weighted by Crippen LogP contribution is -1.92. The van der Waals surface area contributed by atoms with Gasteiger partial charge in [-0.15, -0.1) is 0 Å². The first kappa shape index (κ1) is 8.27. The maximum Gasteiger partial charge on any atom is 0.0837 e. The Balaban J connectivity index is 3.06. The summed E-state index contributed by atoms with van der Waals surface area (Å²) in [6.45, 7) is 1.75. The molecule has 1 aromatic carbocycles. The molecule has 0 aliphatic carbocycles. The van der Waals surface area contributed by atoms with Gasteiger partial charge in [-0.2, -0.15) is 0 Å². The Hall–Kier alpha value is -0.830. The minimum atomic E-state index is 0.617. The molecule has 0 saturated heterocycles. The van der Waals surface area contributed by atoms with Gasteiger partial charge in [-0.3, -0.25) is 0 Å². The predicted molar refractivity (Wildman–Crippen MR) is 48.1 cm³/mol. The van der Waals surface area contributed by atoms with Gasteiger partial charge < -0.3 is 5.21 Å². The van der Waals surface area contributed by atoms with Crippen molar-refractivity contribution < 1.29 is 5.21 Å². The van der Waals surface area contributed by atoms with Gasteiger partial charge in [-0.05, 0) is 19.1 Å². The number of hydrogen-bond donors (Lipinski definition) is 1. The van der Waals surface area contributed by atoms with Gasteiger partial charge in [0, 0.05) is 10.0 Å². The fraction of sp³-hybridized carbons (Fsp3) is 0.125. The summed E-state index contributed by atoms with van der Waals surface area (Å²) in [6, 6.07) is 7.61. The van der Waals surface area contributed by atoms with Crippen LogP contribution in [0.5, 0.6) is 0 Å². The number of benzene rings is 1. The first-order chi connectivity index (χ1) is 5.24.